The van der Waals surface area contributed by atoms with E-state index in [4.69, 9.17) is 5.26 Å². The number of aromatic nitrogens is 1. The molecule has 0 aliphatic heterocycles. The summed E-state index contributed by atoms with van der Waals surface area (Å²) in [5.74, 6) is 0. The van der Waals surface area contributed by atoms with E-state index >= 15 is 0 Å². The number of hydrogen-bond donors (Lipinski definition) is 0. The quantitative estimate of drug-likeness (QED) is 0.653. The third-order valence-corrected chi connectivity index (χ3v) is 1.62. The fourth-order valence-electron chi connectivity index (χ4n) is 0.934. The fraction of sp³-hybridized carbons (Fsp3) is 0.250. The van der Waals surface area contributed by atoms with E-state index in [-0.39, 0.29) is 12.3 Å². The van der Waals surface area contributed by atoms with Gasteiger partial charge in [-0.15, -0.1) is 0 Å². The summed E-state index contributed by atoms with van der Waals surface area (Å²) in [5, 5.41) is 8.30. The average Bonchev–Trinajstić information content (AvgIpc) is 2.14. The predicted molar refractivity (Wildman–Crippen MR) is 39.0 cm³/mol. The van der Waals surface area contributed by atoms with Crippen LogP contribution >= 0.6 is 0 Å². The van der Waals surface area contributed by atoms with Crippen LogP contribution in [0, 0.1) is 11.3 Å². The van der Waals surface area contributed by atoms with Gasteiger partial charge in [-0.05, 0) is 6.07 Å². The Labute approximate surface area is 85.1 Å². The SMILES string of the molecule is N#Cc1cnc(C(F)(F)F)cc1C(F)(F)F. The van der Waals surface area contributed by atoms with Crippen molar-refractivity contribution >= 4 is 0 Å². The molecule has 2 nitrogen and oxygen atoms in total. The molecule has 0 atom stereocenters. The van der Waals surface area contributed by atoms with E-state index in [1.165, 1.54) is 0 Å². The topological polar surface area (TPSA) is 36.7 Å². The molecule has 0 fully saturated rings. The van der Waals surface area contributed by atoms with Crippen LogP contribution in [0.4, 0.5) is 26.3 Å². The van der Waals surface area contributed by atoms with Crippen molar-refractivity contribution in [3.05, 3.63) is 29.1 Å². The van der Waals surface area contributed by atoms with Gasteiger partial charge in [0.2, 0.25) is 0 Å². The van der Waals surface area contributed by atoms with Crippen molar-refractivity contribution in [1.82, 2.24) is 4.98 Å². The maximum Gasteiger partial charge on any atom is 0.433 e. The Morgan fingerprint density at radius 1 is 1.06 bits per heavy atom. The van der Waals surface area contributed by atoms with Gasteiger partial charge in [-0.3, -0.25) is 4.98 Å². The first-order chi connectivity index (χ1) is 7.16. The van der Waals surface area contributed by atoms with Gasteiger partial charge in [0, 0.05) is 6.20 Å². The second-order valence-electron chi connectivity index (χ2n) is 2.72. The maximum atomic E-state index is 12.3. The minimum atomic E-state index is -5.02. The molecule has 86 valence electrons. The fourth-order valence-corrected chi connectivity index (χ4v) is 0.934. The molecule has 0 saturated heterocycles. The molecule has 1 heterocycles. The summed E-state index contributed by atoms with van der Waals surface area (Å²) in [6.07, 6.45) is -9.74. The summed E-state index contributed by atoms with van der Waals surface area (Å²) in [7, 11) is 0. The first-order valence-electron chi connectivity index (χ1n) is 3.71. The number of rotatable bonds is 0. The summed E-state index contributed by atoms with van der Waals surface area (Å²) >= 11 is 0. The highest BCUT2D eigenvalue weighted by atomic mass is 19.4. The van der Waals surface area contributed by atoms with Gasteiger partial charge in [0.15, 0.2) is 0 Å². The van der Waals surface area contributed by atoms with Crippen LogP contribution in [0.5, 0.6) is 0 Å². The van der Waals surface area contributed by atoms with Crippen molar-refractivity contribution in [2.24, 2.45) is 0 Å². The zero-order chi connectivity index (χ0) is 12.6. The van der Waals surface area contributed by atoms with Crippen LogP contribution in [0.15, 0.2) is 12.3 Å². The van der Waals surface area contributed by atoms with Crippen LogP contribution in [0.2, 0.25) is 0 Å². The summed E-state index contributed by atoms with van der Waals surface area (Å²) in [6, 6.07) is 0.949. The van der Waals surface area contributed by atoms with Crippen LogP contribution in [-0.2, 0) is 12.4 Å². The minimum Gasteiger partial charge on any atom is -0.250 e. The Kier molecular flexibility index (Phi) is 2.81. The molecule has 0 bridgehead atoms. The lowest BCUT2D eigenvalue weighted by molar-refractivity contribution is -0.145. The molecule has 0 radical (unpaired) electrons. The second kappa shape index (κ2) is 3.66. The number of alkyl halides is 6. The molecule has 0 N–H and O–H groups in total. The standard InChI is InChI=1S/C8H2F6N2/c9-7(10,11)5-1-6(8(12,13)14)16-3-4(5)2-15/h1,3H. The predicted octanol–water partition coefficient (Wildman–Crippen LogP) is 2.99. The van der Waals surface area contributed by atoms with E-state index in [9.17, 15) is 26.3 Å². The molecule has 1 aromatic heterocycles. The van der Waals surface area contributed by atoms with E-state index in [1.54, 1.807) is 0 Å². The van der Waals surface area contributed by atoms with Gasteiger partial charge in [-0.1, -0.05) is 0 Å². The molecule has 0 saturated carbocycles. The molecular weight excluding hydrogens is 238 g/mol. The molecule has 8 heteroatoms. The van der Waals surface area contributed by atoms with Gasteiger partial charge in [0.05, 0.1) is 11.1 Å². The molecule has 0 amide bonds. The number of pyridine rings is 1. The van der Waals surface area contributed by atoms with E-state index in [0.717, 1.165) is 6.07 Å². The first kappa shape index (κ1) is 12.3. The van der Waals surface area contributed by atoms with Crippen LogP contribution in [0.3, 0.4) is 0 Å². The lowest BCUT2D eigenvalue weighted by Crippen LogP contribution is -2.14. The summed E-state index contributed by atoms with van der Waals surface area (Å²) < 4.78 is 73.0. The average molecular weight is 240 g/mol. The van der Waals surface area contributed by atoms with Gasteiger partial charge < -0.3 is 0 Å². The number of nitriles is 1. The molecule has 16 heavy (non-hydrogen) atoms. The molecule has 0 aliphatic carbocycles. The van der Waals surface area contributed by atoms with Crippen molar-refractivity contribution in [3.63, 3.8) is 0 Å². The number of hydrogen-bond acceptors (Lipinski definition) is 2. The third-order valence-electron chi connectivity index (χ3n) is 1.62. The largest absolute Gasteiger partial charge is 0.433 e. The zero-order valence-corrected chi connectivity index (χ0v) is 7.32. The Balaban J connectivity index is 3.41. The lowest BCUT2D eigenvalue weighted by Gasteiger charge is -2.11. The van der Waals surface area contributed by atoms with Crippen LogP contribution in [0.1, 0.15) is 16.8 Å². The van der Waals surface area contributed by atoms with Gasteiger partial charge in [0.1, 0.15) is 11.8 Å². The van der Waals surface area contributed by atoms with E-state index < -0.39 is 29.2 Å². The van der Waals surface area contributed by atoms with E-state index in [0.29, 0.717) is 0 Å². The molecule has 0 aromatic carbocycles. The highest BCUT2D eigenvalue weighted by Gasteiger charge is 2.39. The van der Waals surface area contributed by atoms with Crippen molar-refractivity contribution < 1.29 is 26.3 Å². The summed E-state index contributed by atoms with van der Waals surface area (Å²) in [4.78, 5) is 2.75. The Morgan fingerprint density at radius 3 is 2.00 bits per heavy atom. The van der Waals surface area contributed by atoms with Crippen molar-refractivity contribution in [3.8, 4) is 6.07 Å². The smallest absolute Gasteiger partial charge is 0.250 e. The Hall–Kier alpha value is -1.78. The Morgan fingerprint density at radius 2 is 1.62 bits per heavy atom. The number of halogens is 6. The first-order valence-corrected chi connectivity index (χ1v) is 3.71. The molecule has 0 unspecified atom stereocenters. The zero-order valence-electron chi connectivity index (χ0n) is 7.32. The Bertz CT molecular complexity index is 439. The van der Waals surface area contributed by atoms with E-state index in [2.05, 4.69) is 4.98 Å². The van der Waals surface area contributed by atoms with Crippen LogP contribution in [0.25, 0.3) is 0 Å². The number of nitrogens with zero attached hydrogens (tertiary/aromatic N) is 2. The van der Waals surface area contributed by atoms with Crippen molar-refractivity contribution in [2.45, 2.75) is 12.4 Å². The normalized spacial score (nSPS) is 12.3. The summed E-state index contributed by atoms with van der Waals surface area (Å²) in [6.45, 7) is 0. The van der Waals surface area contributed by atoms with Crippen LogP contribution in [-0.4, -0.2) is 4.98 Å². The minimum absolute atomic E-state index is 0.182. The van der Waals surface area contributed by atoms with E-state index in [1.807, 2.05) is 0 Å². The van der Waals surface area contributed by atoms with Gasteiger partial charge in [0.25, 0.3) is 0 Å². The molecule has 0 aliphatic rings. The van der Waals surface area contributed by atoms with Crippen molar-refractivity contribution in [1.29, 1.82) is 5.26 Å². The van der Waals surface area contributed by atoms with Gasteiger partial charge >= 0.3 is 12.4 Å². The molecule has 1 aromatic rings. The van der Waals surface area contributed by atoms with Gasteiger partial charge in [-0.25, -0.2) is 0 Å². The highest BCUT2D eigenvalue weighted by molar-refractivity contribution is 5.39. The highest BCUT2D eigenvalue weighted by Crippen LogP contribution is 2.35. The molecule has 1 rings (SSSR count). The third kappa shape index (κ3) is 2.42. The lowest BCUT2D eigenvalue weighted by atomic mass is 10.1. The summed E-state index contributed by atoms with van der Waals surface area (Å²) in [5.41, 5.74) is -4.27. The maximum absolute atomic E-state index is 12.3. The van der Waals surface area contributed by atoms with Crippen molar-refractivity contribution in [2.75, 3.05) is 0 Å². The second-order valence-corrected chi connectivity index (χ2v) is 2.72. The molecular formula is C8H2F6N2. The van der Waals surface area contributed by atoms with Gasteiger partial charge in [-0.2, -0.15) is 31.6 Å². The molecule has 0 spiro atoms. The van der Waals surface area contributed by atoms with Crippen LogP contribution < -0.4 is 0 Å². The monoisotopic (exact) mass is 240 g/mol.